The Morgan fingerprint density at radius 1 is 1.42 bits per heavy atom. The lowest BCUT2D eigenvalue weighted by atomic mass is 9.90. The molecule has 0 atom stereocenters. The molecule has 0 spiro atoms. The SMILES string of the molecule is COCCN(C)C(=O)c1cc(N)nc(C(C)(C)C)c1. The minimum Gasteiger partial charge on any atom is -0.384 e. The van der Waals surface area contributed by atoms with Gasteiger partial charge in [0.15, 0.2) is 0 Å². The van der Waals surface area contributed by atoms with Crippen LogP contribution in [0.25, 0.3) is 0 Å². The van der Waals surface area contributed by atoms with Crippen LogP contribution < -0.4 is 5.73 Å². The van der Waals surface area contributed by atoms with Gasteiger partial charge in [-0.15, -0.1) is 0 Å². The van der Waals surface area contributed by atoms with Crippen molar-refractivity contribution in [2.24, 2.45) is 0 Å². The van der Waals surface area contributed by atoms with E-state index in [4.69, 9.17) is 10.5 Å². The van der Waals surface area contributed by atoms with Crippen LogP contribution in [-0.2, 0) is 10.2 Å². The van der Waals surface area contributed by atoms with Crippen LogP contribution in [0.1, 0.15) is 36.8 Å². The van der Waals surface area contributed by atoms with E-state index in [2.05, 4.69) is 4.98 Å². The second kappa shape index (κ2) is 6.02. The number of rotatable bonds is 4. The van der Waals surface area contributed by atoms with Gasteiger partial charge in [0, 0.05) is 37.4 Å². The van der Waals surface area contributed by atoms with Crippen LogP contribution in [0.3, 0.4) is 0 Å². The van der Waals surface area contributed by atoms with E-state index in [0.717, 1.165) is 5.69 Å². The average Bonchev–Trinajstić information content (AvgIpc) is 2.33. The lowest BCUT2D eigenvalue weighted by Gasteiger charge is -2.21. The zero-order valence-electron chi connectivity index (χ0n) is 12.4. The minimum absolute atomic E-state index is 0.0725. The lowest BCUT2D eigenvalue weighted by Crippen LogP contribution is -2.30. The highest BCUT2D eigenvalue weighted by Gasteiger charge is 2.20. The molecule has 0 fully saturated rings. The quantitative estimate of drug-likeness (QED) is 0.899. The van der Waals surface area contributed by atoms with Crippen LogP contribution in [0.5, 0.6) is 0 Å². The Hall–Kier alpha value is -1.62. The molecule has 19 heavy (non-hydrogen) atoms. The summed E-state index contributed by atoms with van der Waals surface area (Å²) in [7, 11) is 3.36. The Labute approximate surface area is 114 Å². The fourth-order valence-corrected chi connectivity index (χ4v) is 1.61. The van der Waals surface area contributed by atoms with Crippen molar-refractivity contribution in [3.63, 3.8) is 0 Å². The summed E-state index contributed by atoms with van der Waals surface area (Å²) in [6.45, 7) is 7.17. The van der Waals surface area contributed by atoms with E-state index in [0.29, 0.717) is 24.5 Å². The van der Waals surface area contributed by atoms with Crippen molar-refractivity contribution >= 4 is 11.7 Å². The fourth-order valence-electron chi connectivity index (χ4n) is 1.61. The fraction of sp³-hybridized carbons (Fsp3) is 0.571. The monoisotopic (exact) mass is 265 g/mol. The van der Waals surface area contributed by atoms with Gasteiger partial charge in [-0.25, -0.2) is 4.98 Å². The van der Waals surface area contributed by atoms with Crippen LogP contribution in [0.2, 0.25) is 0 Å². The molecule has 5 nitrogen and oxygen atoms in total. The van der Waals surface area contributed by atoms with Crippen LogP contribution in [0.4, 0.5) is 5.82 Å². The summed E-state index contributed by atoms with van der Waals surface area (Å²) in [6, 6.07) is 3.42. The minimum atomic E-state index is -0.143. The molecule has 0 unspecified atom stereocenters. The number of ether oxygens (including phenoxy) is 1. The third-order valence-electron chi connectivity index (χ3n) is 2.84. The second-order valence-electron chi connectivity index (χ2n) is 5.64. The van der Waals surface area contributed by atoms with Crippen molar-refractivity contribution < 1.29 is 9.53 Å². The zero-order chi connectivity index (χ0) is 14.6. The standard InChI is InChI=1S/C14H23N3O2/c1-14(2,3)11-8-10(9-12(15)16-11)13(18)17(4)6-7-19-5/h8-9H,6-7H2,1-5H3,(H2,15,16). The van der Waals surface area contributed by atoms with Crippen LogP contribution in [0.15, 0.2) is 12.1 Å². The molecule has 0 aliphatic carbocycles. The molecule has 0 aliphatic heterocycles. The van der Waals surface area contributed by atoms with Gasteiger partial charge in [0.05, 0.1) is 6.61 Å². The first-order valence-electron chi connectivity index (χ1n) is 6.28. The first-order valence-corrected chi connectivity index (χ1v) is 6.28. The molecular formula is C14H23N3O2. The lowest BCUT2D eigenvalue weighted by molar-refractivity contribution is 0.0744. The Kier molecular flexibility index (Phi) is 4.89. The molecule has 0 aromatic carbocycles. The maximum Gasteiger partial charge on any atom is 0.253 e. The predicted octanol–water partition coefficient (Wildman–Crippen LogP) is 1.68. The summed E-state index contributed by atoms with van der Waals surface area (Å²) < 4.78 is 4.97. The van der Waals surface area contributed by atoms with E-state index in [9.17, 15) is 4.79 Å². The number of nitrogen functional groups attached to an aromatic ring is 1. The Morgan fingerprint density at radius 3 is 2.58 bits per heavy atom. The summed E-state index contributed by atoms with van der Waals surface area (Å²) in [5.41, 5.74) is 7.03. The summed E-state index contributed by atoms with van der Waals surface area (Å²) in [6.07, 6.45) is 0. The maximum absolute atomic E-state index is 12.3. The molecular weight excluding hydrogens is 242 g/mol. The van der Waals surface area contributed by atoms with E-state index in [-0.39, 0.29) is 11.3 Å². The van der Waals surface area contributed by atoms with Crippen molar-refractivity contribution in [3.05, 3.63) is 23.4 Å². The number of carbonyl (C=O) groups excluding carboxylic acids is 1. The number of hydrogen-bond donors (Lipinski definition) is 1. The molecule has 1 aromatic rings. The summed E-state index contributed by atoms with van der Waals surface area (Å²) in [5, 5.41) is 0. The van der Waals surface area contributed by atoms with Gasteiger partial charge in [-0.3, -0.25) is 4.79 Å². The topological polar surface area (TPSA) is 68.5 Å². The third kappa shape index (κ3) is 4.21. The van der Waals surface area contributed by atoms with Gasteiger partial charge < -0.3 is 15.4 Å². The average molecular weight is 265 g/mol. The number of hydrogen-bond acceptors (Lipinski definition) is 4. The first-order chi connectivity index (χ1) is 8.75. The van der Waals surface area contributed by atoms with Crippen LogP contribution in [-0.4, -0.2) is 43.1 Å². The van der Waals surface area contributed by atoms with Crippen molar-refractivity contribution in [2.75, 3.05) is 33.0 Å². The van der Waals surface area contributed by atoms with E-state index >= 15 is 0 Å². The number of likely N-dealkylation sites (N-methyl/N-ethyl adjacent to an activating group) is 1. The van der Waals surface area contributed by atoms with E-state index in [1.165, 1.54) is 0 Å². The molecule has 0 aliphatic rings. The molecule has 1 amide bonds. The van der Waals surface area contributed by atoms with Gasteiger partial charge in [-0.2, -0.15) is 0 Å². The number of aromatic nitrogens is 1. The molecule has 1 rings (SSSR count). The summed E-state index contributed by atoms with van der Waals surface area (Å²) >= 11 is 0. The second-order valence-corrected chi connectivity index (χ2v) is 5.64. The molecule has 1 aromatic heterocycles. The number of nitrogens with zero attached hydrogens (tertiary/aromatic N) is 2. The van der Waals surface area contributed by atoms with Gasteiger partial charge in [0.2, 0.25) is 0 Å². The van der Waals surface area contributed by atoms with E-state index < -0.39 is 0 Å². The highest BCUT2D eigenvalue weighted by Crippen LogP contribution is 2.22. The van der Waals surface area contributed by atoms with Crippen molar-refractivity contribution in [1.29, 1.82) is 0 Å². The summed E-state index contributed by atoms with van der Waals surface area (Å²) in [5.74, 6) is 0.299. The van der Waals surface area contributed by atoms with Gasteiger partial charge in [-0.1, -0.05) is 20.8 Å². The van der Waals surface area contributed by atoms with Crippen LogP contribution >= 0.6 is 0 Å². The van der Waals surface area contributed by atoms with Crippen LogP contribution in [0, 0.1) is 0 Å². The smallest absolute Gasteiger partial charge is 0.253 e. The number of anilines is 1. The van der Waals surface area contributed by atoms with Crippen molar-refractivity contribution in [3.8, 4) is 0 Å². The van der Waals surface area contributed by atoms with E-state index in [1.54, 1.807) is 25.1 Å². The molecule has 106 valence electrons. The Bertz CT molecular complexity index is 452. The Balaban J connectivity index is 3.00. The molecule has 1 heterocycles. The number of amides is 1. The van der Waals surface area contributed by atoms with Gasteiger partial charge in [0.25, 0.3) is 5.91 Å². The number of carbonyl (C=O) groups is 1. The molecule has 2 N–H and O–H groups in total. The number of pyridine rings is 1. The van der Waals surface area contributed by atoms with E-state index in [1.807, 2.05) is 26.8 Å². The highest BCUT2D eigenvalue weighted by atomic mass is 16.5. The predicted molar refractivity (Wildman–Crippen MR) is 76.2 cm³/mol. The molecule has 5 heteroatoms. The normalized spacial score (nSPS) is 11.4. The molecule has 0 saturated heterocycles. The maximum atomic E-state index is 12.3. The van der Waals surface area contributed by atoms with Gasteiger partial charge in [0.1, 0.15) is 5.82 Å². The van der Waals surface area contributed by atoms with Gasteiger partial charge >= 0.3 is 0 Å². The van der Waals surface area contributed by atoms with Gasteiger partial charge in [-0.05, 0) is 12.1 Å². The summed E-state index contributed by atoms with van der Waals surface area (Å²) in [4.78, 5) is 18.2. The molecule has 0 saturated carbocycles. The Morgan fingerprint density at radius 2 is 2.05 bits per heavy atom. The first kappa shape index (κ1) is 15.4. The third-order valence-corrected chi connectivity index (χ3v) is 2.84. The number of nitrogens with two attached hydrogens (primary N) is 1. The largest absolute Gasteiger partial charge is 0.384 e. The zero-order valence-corrected chi connectivity index (χ0v) is 12.4. The highest BCUT2D eigenvalue weighted by molar-refractivity contribution is 5.94. The van der Waals surface area contributed by atoms with Crippen molar-refractivity contribution in [2.45, 2.75) is 26.2 Å². The number of methoxy groups -OCH3 is 1. The molecule has 0 radical (unpaired) electrons. The molecule has 0 bridgehead atoms. The van der Waals surface area contributed by atoms with Crippen molar-refractivity contribution in [1.82, 2.24) is 9.88 Å².